The maximum atomic E-state index is 11.8. The highest BCUT2D eigenvalue weighted by Crippen LogP contribution is 2.19. The molecule has 0 saturated heterocycles. The Morgan fingerprint density at radius 2 is 2.06 bits per heavy atom. The third-order valence-corrected chi connectivity index (χ3v) is 4.36. The number of sulfone groups is 1. The summed E-state index contributed by atoms with van der Waals surface area (Å²) in [7, 11) is -3.79. The van der Waals surface area contributed by atoms with Gasteiger partial charge in [0.05, 0.1) is 16.5 Å². The number of carbonyl (C=O) groups is 1. The molecule has 0 aliphatic heterocycles. The summed E-state index contributed by atoms with van der Waals surface area (Å²) in [4.78, 5) is 10.7. The van der Waals surface area contributed by atoms with Gasteiger partial charge in [0.15, 0.2) is 9.84 Å². The largest absolute Gasteiger partial charge is 0.478 e. The summed E-state index contributed by atoms with van der Waals surface area (Å²) in [6.45, 7) is 2.84. The molecule has 1 aromatic rings. The minimum absolute atomic E-state index is 0.0729. The maximum absolute atomic E-state index is 11.8. The Bertz CT molecular complexity index is 598. The number of aryl methyl sites for hydroxylation is 1. The lowest BCUT2D eigenvalue weighted by Crippen LogP contribution is -2.16. The van der Waals surface area contributed by atoms with E-state index in [9.17, 15) is 13.2 Å². The zero-order valence-electron chi connectivity index (χ0n) is 9.34. The van der Waals surface area contributed by atoms with Crippen LogP contribution in [0.5, 0.6) is 0 Å². The number of carboxylic acid groups (broad SMARTS) is 1. The van der Waals surface area contributed by atoms with E-state index < -0.39 is 21.1 Å². The Labute approximate surface area is 99.2 Å². The van der Waals surface area contributed by atoms with E-state index in [4.69, 9.17) is 10.4 Å². The molecule has 0 aromatic heterocycles. The van der Waals surface area contributed by atoms with E-state index in [1.165, 1.54) is 19.1 Å². The normalized spacial score (nSPS) is 12.8. The van der Waals surface area contributed by atoms with Crippen molar-refractivity contribution in [2.75, 3.05) is 0 Å². The van der Waals surface area contributed by atoms with Crippen molar-refractivity contribution in [1.29, 1.82) is 5.26 Å². The molecule has 0 bridgehead atoms. The van der Waals surface area contributed by atoms with Gasteiger partial charge in [0.2, 0.25) is 0 Å². The monoisotopic (exact) mass is 253 g/mol. The molecule has 1 aromatic carbocycles. The zero-order valence-corrected chi connectivity index (χ0v) is 10.2. The van der Waals surface area contributed by atoms with Crippen molar-refractivity contribution in [1.82, 2.24) is 0 Å². The first-order valence-electron chi connectivity index (χ1n) is 4.78. The zero-order chi connectivity index (χ0) is 13.2. The molecule has 90 valence electrons. The molecule has 1 unspecified atom stereocenters. The predicted molar refractivity (Wildman–Crippen MR) is 60.4 cm³/mol. The quantitative estimate of drug-likeness (QED) is 0.877. The Kier molecular flexibility index (Phi) is 3.53. The number of nitriles is 1. The lowest BCUT2D eigenvalue weighted by atomic mass is 10.1. The van der Waals surface area contributed by atoms with Gasteiger partial charge in [-0.05, 0) is 31.5 Å². The number of rotatable bonds is 3. The molecule has 0 aliphatic carbocycles. The topological polar surface area (TPSA) is 95.2 Å². The summed E-state index contributed by atoms with van der Waals surface area (Å²) in [6.07, 6.45) is 0. The van der Waals surface area contributed by atoms with Crippen molar-refractivity contribution in [3.63, 3.8) is 0 Å². The van der Waals surface area contributed by atoms with Crippen LogP contribution < -0.4 is 0 Å². The van der Waals surface area contributed by atoms with Gasteiger partial charge in [-0.1, -0.05) is 6.07 Å². The second-order valence-corrected chi connectivity index (χ2v) is 5.87. The molecule has 1 N–H and O–H groups in total. The van der Waals surface area contributed by atoms with E-state index in [0.29, 0.717) is 5.56 Å². The lowest BCUT2D eigenvalue weighted by Gasteiger charge is -2.08. The maximum Gasteiger partial charge on any atom is 0.335 e. The van der Waals surface area contributed by atoms with Crippen LogP contribution in [0.25, 0.3) is 0 Å². The third kappa shape index (κ3) is 2.45. The molecule has 0 radical (unpaired) electrons. The van der Waals surface area contributed by atoms with Crippen molar-refractivity contribution >= 4 is 15.8 Å². The molecule has 17 heavy (non-hydrogen) atoms. The van der Waals surface area contributed by atoms with Crippen LogP contribution in [0.4, 0.5) is 0 Å². The average Bonchev–Trinajstić information content (AvgIpc) is 2.27. The fraction of sp³-hybridized carbons (Fsp3) is 0.273. The second kappa shape index (κ2) is 4.55. The highest BCUT2D eigenvalue weighted by Gasteiger charge is 2.24. The average molecular weight is 253 g/mol. The highest BCUT2D eigenvalue weighted by atomic mass is 32.2. The smallest absolute Gasteiger partial charge is 0.335 e. The Hall–Kier alpha value is -1.87. The van der Waals surface area contributed by atoms with Crippen LogP contribution in [0.1, 0.15) is 22.8 Å². The fourth-order valence-corrected chi connectivity index (χ4v) is 2.37. The van der Waals surface area contributed by atoms with Gasteiger partial charge in [0.1, 0.15) is 5.25 Å². The molecule has 0 saturated carbocycles. The Balaban J connectivity index is 3.41. The van der Waals surface area contributed by atoms with Crippen LogP contribution in [-0.4, -0.2) is 24.7 Å². The van der Waals surface area contributed by atoms with Crippen LogP contribution >= 0.6 is 0 Å². The van der Waals surface area contributed by atoms with E-state index in [1.54, 1.807) is 13.0 Å². The summed E-state index contributed by atoms with van der Waals surface area (Å²) in [5.74, 6) is -1.19. The first kappa shape index (κ1) is 13.2. The van der Waals surface area contributed by atoms with Gasteiger partial charge in [0, 0.05) is 0 Å². The summed E-state index contributed by atoms with van der Waals surface area (Å²) in [5.41, 5.74) is 0.400. The van der Waals surface area contributed by atoms with E-state index in [-0.39, 0.29) is 10.5 Å². The minimum Gasteiger partial charge on any atom is -0.478 e. The summed E-state index contributed by atoms with van der Waals surface area (Å²) >= 11 is 0. The lowest BCUT2D eigenvalue weighted by molar-refractivity contribution is 0.0696. The van der Waals surface area contributed by atoms with E-state index in [0.717, 1.165) is 6.07 Å². The third-order valence-electron chi connectivity index (χ3n) is 2.42. The molecule has 0 fully saturated rings. The number of carboxylic acids is 1. The van der Waals surface area contributed by atoms with Crippen LogP contribution in [0.15, 0.2) is 23.1 Å². The molecule has 0 amide bonds. The van der Waals surface area contributed by atoms with Gasteiger partial charge < -0.3 is 5.11 Å². The first-order valence-corrected chi connectivity index (χ1v) is 6.32. The number of aromatic carboxylic acids is 1. The number of benzene rings is 1. The SMILES string of the molecule is Cc1ccc(S(=O)(=O)C(C)C#N)cc1C(=O)O. The molecule has 1 atom stereocenters. The van der Waals surface area contributed by atoms with Gasteiger partial charge in [-0.15, -0.1) is 0 Å². The van der Waals surface area contributed by atoms with E-state index in [1.807, 2.05) is 0 Å². The van der Waals surface area contributed by atoms with Crippen molar-refractivity contribution < 1.29 is 18.3 Å². The molecule has 5 nitrogen and oxygen atoms in total. The minimum atomic E-state index is -3.79. The molecular formula is C11H11NO4S. The molecule has 0 heterocycles. The van der Waals surface area contributed by atoms with E-state index in [2.05, 4.69) is 0 Å². The molecule has 1 rings (SSSR count). The van der Waals surface area contributed by atoms with Crippen LogP contribution in [0.2, 0.25) is 0 Å². The van der Waals surface area contributed by atoms with Crippen LogP contribution in [-0.2, 0) is 9.84 Å². The molecular weight excluding hydrogens is 242 g/mol. The summed E-state index contributed by atoms with van der Waals surface area (Å²) in [6, 6.07) is 5.44. The highest BCUT2D eigenvalue weighted by molar-refractivity contribution is 7.92. The van der Waals surface area contributed by atoms with Gasteiger partial charge in [-0.3, -0.25) is 0 Å². The Morgan fingerprint density at radius 3 is 2.53 bits per heavy atom. The number of hydrogen-bond acceptors (Lipinski definition) is 4. The van der Waals surface area contributed by atoms with Gasteiger partial charge in [-0.25, -0.2) is 13.2 Å². The fourth-order valence-electron chi connectivity index (χ4n) is 1.28. The molecule has 0 spiro atoms. The van der Waals surface area contributed by atoms with E-state index >= 15 is 0 Å². The van der Waals surface area contributed by atoms with Crippen molar-refractivity contribution in [3.8, 4) is 6.07 Å². The van der Waals surface area contributed by atoms with Gasteiger partial charge in [-0.2, -0.15) is 5.26 Å². The number of hydrogen-bond donors (Lipinski definition) is 1. The first-order chi connectivity index (χ1) is 7.80. The van der Waals surface area contributed by atoms with Crippen LogP contribution in [0.3, 0.4) is 0 Å². The standard InChI is InChI=1S/C11H11NO4S/c1-7-3-4-9(5-10(7)11(13)14)17(15,16)8(2)6-12/h3-5,8H,1-2H3,(H,13,14). The number of nitrogens with zero attached hydrogens (tertiary/aromatic N) is 1. The summed E-state index contributed by atoms with van der Waals surface area (Å²) in [5, 5.41) is 16.3. The Morgan fingerprint density at radius 1 is 1.47 bits per heavy atom. The summed E-state index contributed by atoms with van der Waals surface area (Å²) < 4.78 is 23.7. The predicted octanol–water partition coefficient (Wildman–Crippen LogP) is 1.38. The second-order valence-electron chi connectivity index (χ2n) is 3.60. The van der Waals surface area contributed by atoms with Crippen molar-refractivity contribution in [2.45, 2.75) is 24.0 Å². The van der Waals surface area contributed by atoms with Crippen molar-refractivity contribution in [2.24, 2.45) is 0 Å². The molecule has 0 aliphatic rings. The molecule has 6 heteroatoms. The van der Waals surface area contributed by atoms with Crippen LogP contribution in [0, 0.1) is 18.3 Å². The van der Waals surface area contributed by atoms with Crippen molar-refractivity contribution in [3.05, 3.63) is 29.3 Å². The van der Waals surface area contributed by atoms with Gasteiger partial charge >= 0.3 is 5.97 Å². The van der Waals surface area contributed by atoms with Gasteiger partial charge in [0.25, 0.3) is 0 Å².